The monoisotopic (exact) mass is 264 g/mol. The minimum atomic E-state index is -0.170. The van der Waals surface area contributed by atoms with E-state index < -0.39 is 0 Å². The van der Waals surface area contributed by atoms with Crippen LogP contribution in [0.2, 0.25) is 0 Å². The van der Waals surface area contributed by atoms with Crippen molar-refractivity contribution in [2.24, 2.45) is 7.05 Å². The Morgan fingerprint density at radius 1 is 1.47 bits per heavy atom. The zero-order valence-corrected chi connectivity index (χ0v) is 11.9. The van der Waals surface area contributed by atoms with Crippen molar-refractivity contribution in [1.29, 1.82) is 0 Å². The molecule has 5 heteroatoms. The van der Waals surface area contributed by atoms with Crippen LogP contribution in [0.3, 0.4) is 0 Å². The molecule has 1 atom stereocenters. The van der Waals surface area contributed by atoms with Crippen LogP contribution in [0.25, 0.3) is 0 Å². The highest BCUT2D eigenvalue weighted by molar-refractivity contribution is 5.81. The van der Waals surface area contributed by atoms with Gasteiger partial charge in [-0.2, -0.15) is 5.10 Å². The quantitative estimate of drug-likeness (QED) is 0.844. The first-order valence-corrected chi connectivity index (χ1v) is 7.17. The first-order chi connectivity index (χ1) is 9.16. The molecular weight excluding hydrogens is 240 g/mol. The maximum absolute atomic E-state index is 12.1. The van der Waals surface area contributed by atoms with Crippen LogP contribution < -0.4 is 10.6 Å². The average molecular weight is 264 g/mol. The fourth-order valence-corrected chi connectivity index (χ4v) is 2.50. The normalized spacial score (nSPS) is 18.2. The molecule has 106 valence electrons. The van der Waals surface area contributed by atoms with Crippen LogP contribution in [-0.4, -0.2) is 27.8 Å². The highest BCUT2D eigenvalue weighted by atomic mass is 16.2. The lowest BCUT2D eigenvalue weighted by molar-refractivity contribution is -0.123. The lowest BCUT2D eigenvalue weighted by Crippen LogP contribution is -2.46. The Labute approximate surface area is 114 Å². The number of hydrogen-bond donors (Lipinski definition) is 2. The Morgan fingerprint density at radius 3 is 2.84 bits per heavy atom. The predicted octanol–water partition coefficient (Wildman–Crippen LogP) is 1.35. The van der Waals surface area contributed by atoms with E-state index >= 15 is 0 Å². The second kappa shape index (κ2) is 6.70. The van der Waals surface area contributed by atoms with E-state index in [1.54, 1.807) is 6.20 Å². The summed E-state index contributed by atoms with van der Waals surface area (Å²) in [4.78, 5) is 12.1. The van der Waals surface area contributed by atoms with E-state index in [9.17, 15) is 4.79 Å². The Kier molecular flexibility index (Phi) is 4.96. The van der Waals surface area contributed by atoms with Gasteiger partial charge in [-0.15, -0.1) is 0 Å². The molecule has 5 nitrogen and oxygen atoms in total. The lowest BCUT2D eigenvalue weighted by Gasteiger charge is -2.24. The number of carbonyl (C=O) groups excluding carboxylic acids is 1. The van der Waals surface area contributed by atoms with E-state index in [1.807, 2.05) is 24.7 Å². The van der Waals surface area contributed by atoms with Crippen LogP contribution >= 0.6 is 0 Å². The van der Waals surface area contributed by atoms with Crippen LogP contribution in [0.15, 0.2) is 12.3 Å². The first-order valence-electron chi connectivity index (χ1n) is 7.17. The Hall–Kier alpha value is -1.36. The Bertz CT molecular complexity index is 409. The van der Waals surface area contributed by atoms with Gasteiger partial charge in [0.1, 0.15) is 0 Å². The van der Waals surface area contributed by atoms with Crippen molar-refractivity contribution in [3.63, 3.8) is 0 Å². The van der Waals surface area contributed by atoms with Crippen LogP contribution in [0.5, 0.6) is 0 Å². The van der Waals surface area contributed by atoms with Gasteiger partial charge in [-0.25, -0.2) is 0 Å². The maximum Gasteiger partial charge on any atom is 0.237 e. The molecular formula is C14H24N4O. The molecule has 0 spiro atoms. The molecule has 0 saturated heterocycles. The van der Waals surface area contributed by atoms with E-state index in [0.29, 0.717) is 12.6 Å². The fraction of sp³-hybridized carbons (Fsp3) is 0.714. The van der Waals surface area contributed by atoms with Crippen molar-refractivity contribution in [1.82, 2.24) is 20.4 Å². The van der Waals surface area contributed by atoms with Crippen molar-refractivity contribution in [2.45, 2.75) is 57.7 Å². The minimum absolute atomic E-state index is 0.106. The van der Waals surface area contributed by atoms with Crippen molar-refractivity contribution in [3.05, 3.63) is 18.0 Å². The SMILES string of the molecule is CC(NCc1ccnn1C)C(=O)NC1CCCCC1. The summed E-state index contributed by atoms with van der Waals surface area (Å²) < 4.78 is 1.82. The third-order valence-corrected chi connectivity index (χ3v) is 3.86. The van der Waals surface area contributed by atoms with E-state index in [4.69, 9.17) is 0 Å². The van der Waals surface area contributed by atoms with Crippen LogP contribution in [0, 0.1) is 0 Å². The van der Waals surface area contributed by atoms with Gasteiger partial charge in [-0.05, 0) is 25.8 Å². The van der Waals surface area contributed by atoms with Gasteiger partial charge in [0.2, 0.25) is 5.91 Å². The molecule has 1 saturated carbocycles. The molecule has 1 heterocycles. The van der Waals surface area contributed by atoms with E-state index in [0.717, 1.165) is 18.5 Å². The molecule has 1 amide bonds. The van der Waals surface area contributed by atoms with Crippen molar-refractivity contribution in [2.75, 3.05) is 0 Å². The standard InChI is InChI=1S/C14H24N4O/c1-11(15-10-13-8-9-16-18(13)2)14(19)17-12-6-4-3-5-7-12/h8-9,11-12,15H,3-7,10H2,1-2H3,(H,17,19). The maximum atomic E-state index is 12.1. The van der Waals surface area contributed by atoms with Gasteiger partial charge >= 0.3 is 0 Å². The number of nitrogens with zero attached hydrogens (tertiary/aromatic N) is 2. The summed E-state index contributed by atoms with van der Waals surface area (Å²) in [5, 5.41) is 10.5. The van der Waals surface area contributed by atoms with Crippen LogP contribution in [-0.2, 0) is 18.4 Å². The molecule has 1 unspecified atom stereocenters. The minimum Gasteiger partial charge on any atom is -0.352 e. The summed E-state index contributed by atoms with van der Waals surface area (Å²) >= 11 is 0. The molecule has 0 bridgehead atoms. The van der Waals surface area contributed by atoms with E-state index in [-0.39, 0.29) is 11.9 Å². The Balaban J connectivity index is 1.74. The number of amides is 1. The molecule has 1 aliphatic carbocycles. The molecule has 1 fully saturated rings. The third-order valence-electron chi connectivity index (χ3n) is 3.86. The molecule has 0 aliphatic heterocycles. The van der Waals surface area contributed by atoms with Gasteiger partial charge in [0, 0.05) is 25.8 Å². The average Bonchev–Trinajstić information content (AvgIpc) is 2.82. The smallest absolute Gasteiger partial charge is 0.237 e. The molecule has 1 aromatic heterocycles. The zero-order chi connectivity index (χ0) is 13.7. The number of aryl methyl sites for hydroxylation is 1. The number of nitrogens with one attached hydrogen (secondary N) is 2. The molecule has 19 heavy (non-hydrogen) atoms. The summed E-state index contributed by atoms with van der Waals surface area (Å²) in [6.45, 7) is 2.57. The number of aromatic nitrogens is 2. The predicted molar refractivity (Wildman–Crippen MR) is 74.5 cm³/mol. The summed E-state index contributed by atoms with van der Waals surface area (Å²) in [6, 6.07) is 2.16. The highest BCUT2D eigenvalue weighted by Gasteiger charge is 2.19. The summed E-state index contributed by atoms with van der Waals surface area (Å²) in [6.07, 6.45) is 7.80. The molecule has 2 N–H and O–H groups in total. The summed E-state index contributed by atoms with van der Waals surface area (Å²) in [7, 11) is 1.91. The van der Waals surface area contributed by atoms with Gasteiger partial charge in [0.25, 0.3) is 0 Å². The largest absolute Gasteiger partial charge is 0.352 e. The van der Waals surface area contributed by atoms with Crippen molar-refractivity contribution >= 4 is 5.91 Å². The summed E-state index contributed by atoms with van der Waals surface area (Å²) in [5.74, 6) is 0.106. The number of carbonyl (C=O) groups is 1. The van der Waals surface area contributed by atoms with E-state index in [1.165, 1.54) is 19.3 Å². The van der Waals surface area contributed by atoms with E-state index in [2.05, 4.69) is 15.7 Å². The van der Waals surface area contributed by atoms with Gasteiger partial charge < -0.3 is 10.6 Å². The number of hydrogen-bond acceptors (Lipinski definition) is 3. The topological polar surface area (TPSA) is 59.0 Å². The molecule has 1 aromatic rings. The zero-order valence-electron chi connectivity index (χ0n) is 11.9. The molecule has 2 rings (SSSR count). The number of rotatable bonds is 5. The molecule has 1 aliphatic rings. The van der Waals surface area contributed by atoms with Gasteiger partial charge in [0.15, 0.2) is 0 Å². The first kappa shape index (κ1) is 14.1. The molecule has 0 radical (unpaired) electrons. The third kappa shape index (κ3) is 4.06. The second-order valence-electron chi connectivity index (χ2n) is 5.39. The lowest BCUT2D eigenvalue weighted by atomic mass is 9.95. The summed E-state index contributed by atoms with van der Waals surface area (Å²) in [5.41, 5.74) is 1.08. The highest BCUT2D eigenvalue weighted by Crippen LogP contribution is 2.17. The Morgan fingerprint density at radius 2 is 2.21 bits per heavy atom. The van der Waals surface area contributed by atoms with Crippen LogP contribution in [0.1, 0.15) is 44.7 Å². The van der Waals surface area contributed by atoms with Crippen molar-refractivity contribution in [3.8, 4) is 0 Å². The van der Waals surface area contributed by atoms with Gasteiger partial charge in [0.05, 0.1) is 11.7 Å². The van der Waals surface area contributed by atoms with Gasteiger partial charge in [-0.3, -0.25) is 9.48 Å². The van der Waals surface area contributed by atoms with Gasteiger partial charge in [-0.1, -0.05) is 19.3 Å². The fourth-order valence-electron chi connectivity index (χ4n) is 2.50. The second-order valence-corrected chi connectivity index (χ2v) is 5.39. The van der Waals surface area contributed by atoms with Crippen LogP contribution in [0.4, 0.5) is 0 Å². The van der Waals surface area contributed by atoms with Crippen molar-refractivity contribution < 1.29 is 4.79 Å². The molecule has 0 aromatic carbocycles.